The van der Waals surface area contributed by atoms with Crippen molar-refractivity contribution in [1.82, 2.24) is 0 Å². The van der Waals surface area contributed by atoms with E-state index >= 15 is 0 Å². The van der Waals surface area contributed by atoms with Gasteiger partial charge in [0.25, 0.3) is 0 Å². The second kappa shape index (κ2) is 4.80. The SMILES string of the molecule is CCc1ccc(C(=O)C(C)(C)CCl)cc1. The molecule has 0 aliphatic carbocycles. The summed E-state index contributed by atoms with van der Waals surface area (Å²) in [5.41, 5.74) is 1.52. The second-order valence-electron chi connectivity index (χ2n) is 4.40. The summed E-state index contributed by atoms with van der Waals surface area (Å²) in [6.07, 6.45) is 0.993. The highest BCUT2D eigenvalue weighted by atomic mass is 35.5. The van der Waals surface area contributed by atoms with Crippen molar-refractivity contribution in [3.8, 4) is 0 Å². The summed E-state index contributed by atoms with van der Waals surface area (Å²) >= 11 is 5.78. The number of alkyl halides is 1. The third-order valence-corrected chi connectivity index (χ3v) is 3.24. The Labute approximate surface area is 96.5 Å². The number of ketones is 1. The topological polar surface area (TPSA) is 17.1 Å². The zero-order valence-corrected chi connectivity index (χ0v) is 10.3. The molecule has 0 aliphatic heterocycles. The van der Waals surface area contributed by atoms with E-state index in [4.69, 9.17) is 11.6 Å². The number of carbonyl (C=O) groups is 1. The van der Waals surface area contributed by atoms with Gasteiger partial charge in [0.1, 0.15) is 0 Å². The first-order valence-electron chi connectivity index (χ1n) is 5.21. The van der Waals surface area contributed by atoms with Crippen LogP contribution < -0.4 is 0 Å². The molecule has 2 heteroatoms. The standard InChI is InChI=1S/C13H17ClO/c1-4-10-5-7-11(8-6-10)12(15)13(2,3)9-14/h5-8H,4,9H2,1-3H3. The summed E-state index contributed by atoms with van der Waals surface area (Å²) < 4.78 is 0. The molecule has 0 radical (unpaired) electrons. The molecule has 0 spiro atoms. The first-order chi connectivity index (χ1) is 7.01. The second-order valence-corrected chi connectivity index (χ2v) is 4.66. The van der Waals surface area contributed by atoms with Gasteiger partial charge in [0.15, 0.2) is 5.78 Å². The number of halogens is 1. The molecule has 0 fully saturated rings. The van der Waals surface area contributed by atoms with Crippen molar-refractivity contribution in [2.75, 3.05) is 5.88 Å². The van der Waals surface area contributed by atoms with Gasteiger partial charge in [-0.3, -0.25) is 4.79 Å². The van der Waals surface area contributed by atoms with Gasteiger partial charge in [-0.2, -0.15) is 0 Å². The molecule has 0 saturated heterocycles. The van der Waals surface area contributed by atoms with E-state index in [0.717, 1.165) is 12.0 Å². The van der Waals surface area contributed by atoms with E-state index in [0.29, 0.717) is 5.88 Å². The maximum atomic E-state index is 12.0. The van der Waals surface area contributed by atoms with Gasteiger partial charge in [-0.05, 0) is 12.0 Å². The third kappa shape index (κ3) is 2.82. The first kappa shape index (κ1) is 12.3. The van der Waals surface area contributed by atoms with E-state index in [2.05, 4.69) is 6.92 Å². The van der Waals surface area contributed by atoms with Gasteiger partial charge in [0, 0.05) is 16.9 Å². The van der Waals surface area contributed by atoms with Gasteiger partial charge in [-0.1, -0.05) is 45.0 Å². The normalized spacial score (nSPS) is 11.5. The summed E-state index contributed by atoms with van der Waals surface area (Å²) in [7, 11) is 0. The molecule has 0 amide bonds. The van der Waals surface area contributed by atoms with E-state index in [1.807, 2.05) is 38.1 Å². The predicted molar refractivity (Wildman–Crippen MR) is 64.7 cm³/mol. The lowest BCUT2D eigenvalue weighted by Crippen LogP contribution is -2.26. The number of hydrogen-bond donors (Lipinski definition) is 0. The molecule has 0 aliphatic rings. The van der Waals surface area contributed by atoms with E-state index in [9.17, 15) is 4.79 Å². The minimum atomic E-state index is -0.477. The number of benzene rings is 1. The fourth-order valence-corrected chi connectivity index (χ4v) is 1.46. The summed E-state index contributed by atoms with van der Waals surface area (Å²) in [5, 5.41) is 0. The maximum Gasteiger partial charge on any atom is 0.169 e. The molecule has 1 rings (SSSR count). The zero-order valence-electron chi connectivity index (χ0n) is 9.51. The van der Waals surface area contributed by atoms with Crippen LogP contribution in [0.3, 0.4) is 0 Å². The van der Waals surface area contributed by atoms with Crippen molar-refractivity contribution >= 4 is 17.4 Å². The highest BCUT2D eigenvalue weighted by molar-refractivity contribution is 6.20. The lowest BCUT2D eigenvalue weighted by Gasteiger charge is -2.19. The van der Waals surface area contributed by atoms with E-state index < -0.39 is 5.41 Å². The van der Waals surface area contributed by atoms with E-state index in [-0.39, 0.29) is 5.78 Å². The molecule has 1 nitrogen and oxygen atoms in total. The molecule has 0 bridgehead atoms. The van der Waals surface area contributed by atoms with Crippen LogP contribution in [0.15, 0.2) is 24.3 Å². The molecule has 0 saturated carbocycles. The Balaban J connectivity index is 2.92. The van der Waals surface area contributed by atoms with Crippen LogP contribution >= 0.6 is 11.6 Å². The molecule has 1 aromatic carbocycles. The van der Waals surface area contributed by atoms with Gasteiger partial charge < -0.3 is 0 Å². The van der Waals surface area contributed by atoms with Crippen molar-refractivity contribution in [2.45, 2.75) is 27.2 Å². The van der Waals surface area contributed by atoms with Crippen molar-refractivity contribution < 1.29 is 4.79 Å². The van der Waals surface area contributed by atoms with Crippen LogP contribution in [0.2, 0.25) is 0 Å². The fourth-order valence-electron chi connectivity index (χ4n) is 1.34. The van der Waals surface area contributed by atoms with Crippen LogP contribution in [0.4, 0.5) is 0 Å². The Bertz CT molecular complexity index is 338. The molecule has 0 heterocycles. The summed E-state index contributed by atoms with van der Waals surface area (Å²) in [6, 6.07) is 7.76. The van der Waals surface area contributed by atoms with Crippen molar-refractivity contribution in [2.24, 2.45) is 5.41 Å². The highest BCUT2D eigenvalue weighted by Gasteiger charge is 2.27. The molecule has 1 aromatic rings. The molecule has 0 N–H and O–H groups in total. The average Bonchev–Trinajstić information content (AvgIpc) is 2.28. The minimum Gasteiger partial charge on any atom is -0.294 e. The Hall–Kier alpha value is -0.820. The van der Waals surface area contributed by atoms with Crippen LogP contribution in [0, 0.1) is 5.41 Å². The highest BCUT2D eigenvalue weighted by Crippen LogP contribution is 2.23. The largest absolute Gasteiger partial charge is 0.294 e. The lowest BCUT2D eigenvalue weighted by molar-refractivity contribution is 0.0862. The van der Waals surface area contributed by atoms with Gasteiger partial charge >= 0.3 is 0 Å². The molecule has 82 valence electrons. The number of Topliss-reactive ketones (excluding diaryl/α,β-unsaturated/α-hetero) is 1. The van der Waals surface area contributed by atoms with Gasteiger partial charge in [-0.15, -0.1) is 11.6 Å². The number of rotatable bonds is 4. The maximum absolute atomic E-state index is 12.0. The minimum absolute atomic E-state index is 0.111. The van der Waals surface area contributed by atoms with Crippen LogP contribution in [0.5, 0.6) is 0 Å². The van der Waals surface area contributed by atoms with E-state index in [1.54, 1.807) is 0 Å². The van der Waals surface area contributed by atoms with Gasteiger partial charge in [0.05, 0.1) is 0 Å². The van der Waals surface area contributed by atoms with Crippen LogP contribution in [0.1, 0.15) is 36.7 Å². The van der Waals surface area contributed by atoms with Gasteiger partial charge in [-0.25, -0.2) is 0 Å². The van der Waals surface area contributed by atoms with Crippen LogP contribution in [-0.4, -0.2) is 11.7 Å². The zero-order chi connectivity index (χ0) is 11.5. The Morgan fingerprint density at radius 1 is 1.27 bits per heavy atom. The average molecular weight is 225 g/mol. The predicted octanol–water partition coefficient (Wildman–Crippen LogP) is 3.70. The molecule has 0 atom stereocenters. The number of hydrogen-bond acceptors (Lipinski definition) is 1. The molecular weight excluding hydrogens is 208 g/mol. The Morgan fingerprint density at radius 3 is 2.20 bits per heavy atom. The molecule has 15 heavy (non-hydrogen) atoms. The summed E-state index contributed by atoms with van der Waals surface area (Å²) in [5.74, 6) is 0.460. The molecule has 0 unspecified atom stereocenters. The lowest BCUT2D eigenvalue weighted by atomic mass is 9.86. The molecular formula is C13H17ClO. The Morgan fingerprint density at radius 2 is 1.80 bits per heavy atom. The quantitative estimate of drug-likeness (QED) is 0.563. The van der Waals surface area contributed by atoms with E-state index in [1.165, 1.54) is 5.56 Å². The van der Waals surface area contributed by atoms with Crippen molar-refractivity contribution in [1.29, 1.82) is 0 Å². The third-order valence-electron chi connectivity index (χ3n) is 2.57. The molecule has 0 aromatic heterocycles. The van der Waals surface area contributed by atoms with Crippen LogP contribution in [0.25, 0.3) is 0 Å². The number of aryl methyl sites for hydroxylation is 1. The van der Waals surface area contributed by atoms with Gasteiger partial charge in [0.2, 0.25) is 0 Å². The van der Waals surface area contributed by atoms with Crippen LogP contribution in [-0.2, 0) is 6.42 Å². The summed E-state index contributed by atoms with van der Waals surface area (Å²) in [6.45, 7) is 5.84. The Kier molecular flexibility index (Phi) is 3.92. The van der Waals surface area contributed by atoms with Crippen molar-refractivity contribution in [3.05, 3.63) is 35.4 Å². The smallest absolute Gasteiger partial charge is 0.169 e. The first-order valence-corrected chi connectivity index (χ1v) is 5.74. The monoisotopic (exact) mass is 224 g/mol. The van der Waals surface area contributed by atoms with Crippen molar-refractivity contribution in [3.63, 3.8) is 0 Å². The fraction of sp³-hybridized carbons (Fsp3) is 0.462. The summed E-state index contributed by atoms with van der Waals surface area (Å²) in [4.78, 5) is 12.0. The number of carbonyl (C=O) groups excluding carboxylic acids is 1.